The molecule has 9 atom stereocenters. The fraction of sp³-hybridized carbons (Fsp3) is 0.900. The van der Waals surface area contributed by atoms with Crippen molar-refractivity contribution in [1.29, 1.82) is 0 Å². The average Bonchev–Trinajstić information content (AvgIpc) is 3.46. The SMILES string of the molecule is CC12CCC(C(S(=O)(=O)[O-])C1=O)C2(C)C.CC12CCC(C(S(=O)(=O)[O-])C1=O)C2(C)C.CC12CCC(C(S(=O)(=O)[O-])C1=O)C2(C)C.[Bi+3]. The second-order valence-corrected chi connectivity index (χ2v) is 20.9. The number of fused-ring (bicyclic) bond motifs is 6. The Labute approximate surface area is 292 Å². The van der Waals surface area contributed by atoms with Crippen molar-refractivity contribution < 1.29 is 53.3 Å². The van der Waals surface area contributed by atoms with E-state index in [1.54, 1.807) is 20.8 Å². The average molecular weight is 903 g/mol. The Morgan fingerprint density at radius 2 is 0.630 bits per heavy atom. The molecule has 6 aliphatic rings. The van der Waals surface area contributed by atoms with Gasteiger partial charge in [0.25, 0.3) is 0 Å². The summed E-state index contributed by atoms with van der Waals surface area (Å²) in [6.45, 7) is 16.8. The molecule has 6 bridgehead atoms. The smallest absolute Gasteiger partial charge is 0.747 e. The van der Waals surface area contributed by atoms with Crippen LogP contribution >= 0.6 is 0 Å². The van der Waals surface area contributed by atoms with Crippen molar-refractivity contribution in [3.63, 3.8) is 0 Å². The normalized spacial score (nSPS) is 42.7. The summed E-state index contributed by atoms with van der Waals surface area (Å²) in [5.74, 6) is -1.97. The Bertz CT molecular complexity index is 1470. The minimum atomic E-state index is -4.49. The van der Waals surface area contributed by atoms with Gasteiger partial charge in [0.15, 0.2) is 17.3 Å². The molecule has 0 saturated heterocycles. The third-order valence-electron chi connectivity index (χ3n) is 14.3. The monoisotopic (exact) mass is 902 g/mol. The van der Waals surface area contributed by atoms with Gasteiger partial charge >= 0.3 is 26.2 Å². The maximum Gasteiger partial charge on any atom is 3.00 e. The number of carbonyl (C=O) groups excluding carboxylic acids is 3. The molecule has 0 amide bonds. The van der Waals surface area contributed by atoms with Crippen molar-refractivity contribution in [3.05, 3.63) is 0 Å². The van der Waals surface area contributed by atoms with E-state index in [1.807, 2.05) is 41.5 Å². The van der Waals surface area contributed by atoms with Gasteiger partial charge in [0.1, 0.15) is 46.1 Å². The minimum Gasteiger partial charge on any atom is -0.747 e. The van der Waals surface area contributed by atoms with Crippen LogP contribution in [-0.2, 0) is 44.7 Å². The molecule has 0 N–H and O–H groups in total. The molecule has 6 rings (SSSR count). The first-order chi connectivity index (χ1) is 19.9. The Kier molecular flexibility index (Phi) is 9.85. The first kappa shape index (κ1) is 40.1. The summed E-state index contributed by atoms with van der Waals surface area (Å²) in [5.41, 5.74) is -2.98. The summed E-state index contributed by atoms with van der Waals surface area (Å²) in [4.78, 5) is 35.9. The fourth-order valence-electron chi connectivity index (χ4n) is 10.0. The summed E-state index contributed by atoms with van der Waals surface area (Å²) < 4.78 is 99.8. The van der Waals surface area contributed by atoms with Crippen LogP contribution < -0.4 is 0 Å². The van der Waals surface area contributed by atoms with E-state index < -0.39 is 62.3 Å². The standard InChI is InChI=1S/3C10H16O4S.Bi/c3*1-9(2)6-4-5-10(9,3)8(11)7(6)15(12,13)14;/h3*6-7H,4-5H2,1-3H3,(H,12,13,14);/q;;;+3/p-3. The number of carbonyl (C=O) groups is 3. The quantitative estimate of drug-likeness (QED) is 0.294. The maximum absolute atomic E-state index is 12.0. The zero-order valence-electron chi connectivity index (χ0n) is 27.8. The topological polar surface area (TPSA) is 223 Å². The summed E-state index contributed by atoms with van der Waals surface area (Å²) in [6.07, 6.45) is 4.12. The Balaban J connectivity index is 0.000000186. The Hall–Kier alpha value is -0.377. The summed E-state index contributed by atoms with van der Waals surface area (Å²) in [7, 11) is -13.5. The third-order valence-corrected chi connectivity index (χ3v) is 17.8. The van der Waals surface area contributed by atoms with Crippen molar-refractivity contribution in [2.24, 2.45) is 50.2 Å². The molecule has 260 valence electrons. The molecule has 46 heavy (non-hydrogen) atoms. The van der Waals surface area contributed by atoms with E-state index in [1.165, 1.54) is 0 Å². The molecule has 0 aromatic carbocycles. The van der Waals surface area contributed by atoms with E-state index in [0.29, 0.717) is 38.5 Å². The van der Waals surface area contributed by atoms with Crippen LogP contribution in [0.2, 0.25) is 0 Å². The molecule has 6 fully saturated rings. The van der Waals surface area contributed by atoms with Crippen LogP contribution in [0, 0.1) is 50.2 Å². The number of hydrogen-bond donors (Lipinski definition) is 0. The Morgan fingerprint density at radius 3 is 0.717 bits per heavy atom. The molecule has 9 unspecified atom stereocenters. The van der Waals surface area contributed by atoms with Crippen LogP contribution in [0.15, 0.2) is 0 Å². The van der Waals surface area contributed by atoms with Gasteiger partial charge in [0, 0.05) is 16.2 Å². The number of hydrogen-bond acceptors (Lipinski definition) is 12. The van der Waals surface area contributed by atoms with Crippen molar-refractivity contribution in [3.8, 4) is 0 Å². The second kappa shape index (κ2) is 11.3. The largest absolute Gasteiger partial charge is 3.00 e. The predicted molar refractivity (Wildman–Crippen MR) is 165 cm³/mol. The van der Waals surface area contributed by atoms with Crippen molar-refractivity contribution in [1.82, 2.24) is 0 Å². The Morgan fingerprint density at radius 1 is 0.457 bits per heavy atom. The van der Waals surface area contributed by atoms with Gasteiger partial charge in [-0.1, -0.05) is 62.3 Å². The van der Waals surface area contributed by atoms with Gasteiger partial charge in [0.2, 0.25) is 0 Å². The zero-order chi connectivity index (χ0) is 34.9. The van der Waals surface area contributed by atoms with Gasteiger partial charge in [-0.3, -0.25) is 14.4 Å². The zero-order valence-corrected chi connectivity index (χ0v) is 33.7. The van der Waals surface area contributed by atoms with Crippen molar-refractivity contribution in [2.75, 3.05) is 0 Å². The van der Waals surface area contributed by atoms with Crippen LogP contribution in [0.25, 0.3) is 0 Å². The van der Waals surface area contributed by atoms with Crippen molar-refractivity contribution in [2.45, 2.75) is 117 Å². The predicted octanol–water partition coefficient (Wildman–Crippen LogP) is 2.40. The molecule has 0 aromatic rings. The maximum atomic E-state index is 12.0. The second-order valence-electron chi connectivity index (χ2n) is 16.4. The molecular weight excluding hydrogens is 857 g/mol. The molecule has 0 aliphatic heterocycles. The van der Waals surface area contributed by atoms with Crippen LogP contribution in [0.4, 0.5) is 0 Å². The minimum absolute atomic E-state index is 0. The molecule has 0 heterocycles. The summed E-state index contributed by atoms with van der Waals surface area (Å²) in [5, 5.41) is -3.90. The summed E-state index contributed by atoms with van der Waals surface area (Å²) in [6, 6.07) is 0. The molecular formula is C30H45BiO12S3. The molecule has 6 aliphatic carbocycles. The van der Waals surface area contributed by atoms with E-state index in [-0.39, 0.29) is 77.6 Å². The van der Waals surface area contributed by atoms with Gasteiger partial charge < -0.3 is 13.7 Å². The van der Waals surface area contributed by atoms with Gasteiger partial charge in [-0.05, 0) is 72.5 Å². The third kappa shape index (κ3) is 5.27. The van der Waals surface area contributed by atoms with Gasteiger partial charge in [0.05, 0.1) is 0 Å². The molecule has 2 radical (unpaired) electrons. The van der Waals surface area contributed by atoms with Gasteiger partial charge in [-0.2, -0.15) is 0 Å². The van der Waals surface area contributed by atoms with E-state index in [2.05, 4.69) is 0 Å². The van der Waals surface area contributed by atoms with Crippen molar-refractivity contribution >= 4 is 73.9 Å². The van der Waals surface area contributed by atoms with Gasteiger partial charge in [-0.15, -0.1) is 0 Å². The molecule has 12 nitrogen and oxygen atoms in total. The molecule has 6 saturated carbocycles. The number of rotatable bonds is 3. The van der Waals surface area contributed by atoms with E-state index >= 15 is 0 Å². The first-order valence-corrected chi connectivity index (χ1v) is 19.8. The number of Topliss-reactive ketones (excluding diaryl/α,β-unsaturated/α-hetero) is 3. The van der Waals surface area contributed by atoms with Crippen LogP contribution in [0.1, 0.15) is 101 Å². The molecule has 0 spiro atoms. The number of ketones is 3. The van der Waals surface area contributed by atoms with E-state index in [0.717, 1.165) is 0 Å². The first-order valence-electron chi connectivity index (χ1n) is 15.3. The summed E-state index contributed by atoms with van der Waals surface area (Å²) >= 11 is 0. The van der Waals surface area contributed by atoms with E-state index in [4.69, 9.17) is 0 Å². The fourth-order valence-corrected chi connectivity index (χ4v) is 14.2. The molecule has 16 heteroatoms. The van der Waals surface area contributed by atoms with Crippen LogP contribution in [0.5, 0.6) is 0 Å². The van der Waals surface area contributed by atoms with Crippen LogP contribution in [-0.4, -0.2) is 98.2 Å². The van der Waals surface area contributed by atoms with E-state index in [9.17, 15) is 53.3 Å². The molecule has 0 aromatic heterocycles. The van der Waals surface area contributed by atoms with Gasteiger partial charge in [-0.25, -0.2) is 25.3 Å². The van der Waals surface area contributed by atoms with Crippen LogP contribution in [0.3, 0.4) is 0 Å².